The number of nitrogens with zero attached hydrogens (tertiary/aromatic N) is 1. The van der Waals surface area contributed by atoms with E-state index in [1.165, 1.54) is 0 Å². The number of H-pyrrole nitrogens is 1. The van der Waals surface area contributed by atoms with Gasteiger partial charge in [-0.15, -0.1) is 0 Å². The van der Waals surface area contributed by atoms with Crippen LogP contribution in [0.25, 0.3) is 10.9 Å². The highest BCUT2D eigenvalue weighted by atomic mass is 32.1. The predicted molar refractivity (Wildman–Crippen MR) is 110 cm³/mol. The SMILES string of the molecule is COCCCNC(=S)N(CCCO)Cc1cc2cc(OC)ccc2[nH]c1=O. The molecule has 1 aromatic carbocycles. The third-order valence-electron chi connectivity index (χ3n) is 4.16. The number of benzene rings is 1. The Morgan fingerprint density at radius 3 is 2.81 bits per heavy atom. The van der Waals surface area contributed by atoms with Gasteiger partial charge < -0.3 is 29.8 Å². The smallest absolute Gasteiger partial charge is 0.253 e. The molecule has 0 saturated heterocycles. The number of aromatic amines is 1. The quantitative estimate of drug-likeness (QED) is 0.418. The Morgan fingerprint density at radius 1 is 1.30 bits per heavy atom. The maximum atomic E-state index is 12.5. The minimum atomic E-state index is -0.149. The van der Waals surface area contributed by atoms with E-state index in [9.17, 15) is 9.90 Å². The van der Waals surface area contributed by atoms with E-state index in [-0.39, 0.29) is 12.2 Å². The zero-order valence-corrected chi connectivity index (χ0v) is 16.6. The summed E-state index contributed by atoms with van der Waals surface area (Å²) in [6, 6.07) is 7.37. The topological polar surface area (TPSA) is 86.8 Å². The fourth-order valence-corrected chi connectivity index (χ4v) is 2.98. The van der Waals surface area contributed by atoms with Gasteiger partial charge in [0.2, 0.25) is 0 Å². The molecular weight excluding hydrogens is 366 g/mol. The van der Waals surface area contributed by atoms with Gasteiger partial charge in [-0.05, 0) is 49.3 Å². The zero-order valence-electron chi connectivity index (χ0n) is 15.8. The van der Waals surface area contributed by atoms with Gasteiger partial charge in [0.1, 0.15) is 5.75 Å². The number of rotatable bonds is 10. The Hall–Kier alpha value is -2.16. The van der Waals surface area contributed by atoms with Crippen molar-refractivity contribution in [1.29, 1.82) is 0 Å². The first kappa shape index (κ1) is 21.1. The van der Waals surface area contributed by atoms with E-state index >= 15 is 0 Å². The fraction of sp³-hybridized carbons (Fsp3) is 0.474. The second kappa shape index (κ2) is 10.9. The lowest BCUT2D eigenvalue weighted by Gasteiger charge is -2.25. The van der Waals surface area contributed by atoms with Crippen molar-refractivity contribution in [2.24, 2.45) is 0 Å². The lowest BCUT2D eigenvalue weighted by molar-refractivity contribution is 0.195. The molecule has 2 rings (SSSR count). The Morgan fingerprint density at radius 2 is 2.11 bits per heavy atom. The number of hydrogen-bond acceptors (Lipinski definition) is 5. The number of ether oxygens (including phenoxy) is 2. The first-order valence-corrected chi connectivity index (χ1v) is 9.32. The number of hydrogen-bond donors (Lipinski definition) is 3. The van der Waals surface area contributed by atoms with Crippen LogP contribution in [-0.2, 0) is 11.3 Å². The molecule has 0 aliphatic carbocycles. The van der Waals surface area contributed by atoms with Crippen LogP contribution in [0.1, 0.15) is 18.4 Å². The molecule has 1 aromatic heterocycles. The van der Waals surface area contributed by atoms with Crippen LogP contribution < -0.4 is 15.6 Å². The Kier molecular flexibility index (Phi) is 8.50. The van der Waals surface area contributed by atoms with Crippen LogP contribution in [0.15, 0.2) is 29.1 Å². The van der Waals surface area contributed by atoms with E-state index in [1.54, 1.807) is 14.2 Å². The molecule has 0 bridgehead atoms. The fourth-order valence-electron chi connectivity index (χ4n) is 2.72. The largest absolute Gasteiger partial charge is 0.497 e. The van der Waals surface area contributed by atoms with Crippen LogP contribution in [0, 0.1) is 0 Å². The molecule has 8 heteroatoms. The van der Waals surface area contributed by atoms with Crippen molar-refractivity contribution in [2.75, 3.05) is 40.5 Å². The Balaban J connectivity index is 2.18. The van der Waals surface area contributed by atoms with E-state index in [1.807, 2.05) is 29.2 Å². The molecule has 7 nitrogen and oxygen atoms in total. The number of thiocarbonyl (C=S) groups is 1. The summed E-state index contributed by atoms with van der Waals surface area (Å²) in [7, 11) is 3.27. The number of aromatic nitrogens is 1. The number of nitrogens with one attached hydrogen (secondary N) is 2. The molecule has 0 amide bonds. The molecule has 0 unspecified atom stereocenters. The van der Waals surface area contributed by atoms with Gasteiger partial charge in [-0.1, -0.05) is 0 Å². The molecule has 3 N–H and O–H groups in total. The van der Waals surface area contributed by atoms with Crippen LogP contribution in [0.4, 0.5) is 0 Å². The van der Waals surface area contributed by atoms with Gasteiger partial charge >= 0.3 is 0 Å². The van der Waals surface area contributed by atoms with Crippen molar-refractivity contribution in [3.8, 4) is 5.75 Å². The van der Waals surface area contributed by atoms with Gasteiger partial charge in [-0.25, -0.2) is 0 Å². The average Bonchev–Trinajstić information content (AvgIpc) is 2.68. The normalized spacial score (nSPS) is 10.8. The molecule has 0 saturated carbocycles. The lowest BCUT2D eigenvalue weighted by Crippen LogP contribution is -2.41. The first-order valence-electron chi connectivity index (χ1n) is 8.91. The first-order chi connectivity index (χ1) is 13.1. The number of pyridine rings is 1. The van der Waals surface area contributed by atoms with Crippen LogP contribution >= 0.6 is 12.2 Å². The highest BCUT2D eigenvalue weighted by Gasteiger charge is 2.13. The summed E-state index contributed by atoms with van der Waals surface area (Å²) in [5.41, 5.74) is 1.21. The number of fused-ring (bicyclic) bond motifs is 1. The molecule has 0 aliphatic heterocycles. The van der Waals surface area contributed by atoms with Gasteiger partial charge in [-0.3, -0.25) is 4.79 Å². The third-order valence-corrected chi connectivity index (χ3v) is 4.57. The van der Waals surface area contributed by atoms with Gasteiger partial charge in [-0.2, -0.15) is 0 Å². The van der Waals surface area contributed by atoms with Crippen LogP contribution in [-0.4, -0.2) is 60.6 Å². The van der Waals surface area contributed by atoms with Crippen LogP contribution in [0.5, 0.6) is 5.75 Å². The summed E-state index contributed by atoms with van der Waals surface area (Å²) in [5.74, 6) is 0.730. The Bertz CT molecular complexity index is 809. The number of methoxy groups -OCH3 is 2. The van der Waals surface area contributed by atoms with Crippen molar-refractivity contribution in [1.82, 2.24) is 15.2 Å². The average molecular weight is 394 g/mol. The van der Waals surface area contributed by atoms with Crippen molar-refractivity contribution < 1.29 is 14.6 Å². The minimum absolute atomic E-state index is 0.0636. The third kappa shape index (κ3) is 6.20. The van der Waals surface area contributed by atoms with Crippen molar-refractivity contribution in [3.05, 3.63) is 40.2 Å². The zero-order chi connectivity index (χ0) is 19.6. The van der Waals surface area contributed by atoms with Gasteiger partial charge in [0, 0.05) is 49.9 Å². The highest BCUT2D eigenvalue weighted by molar-refractivity contribution is 7.80. The lowest BCUT2D eigenvalue weighted by atomic mass is 10.1. The molecule has 0 fully saturated rings. The summed E-state index contributed by atoms with van der Waals surface area (Å²) in [6.07, 6.45) is 1.40. The summed E-state index contributed by atoms with van der Waals surface area (Å²) < 4.78 is 10.3. The van der Waals surface area contributed by atoms with Crippen molar-refractivity contribution >= 4 is 28.2 Å². The summed E-state index contributed by atoms with van der Waals surface area (Å²) in [4.78, 5) is 17.3. The van der Waals surface area contributed by atoms with Crippen LogP contribution in [0.2, 0.25) is 0 Å². The van der Waals surface area contributed by atoms with Gasteiger partial charge in [0.05, 0.1) is 13.7 Å². The van der Waals surface area contributed by atoms with Gasteiger partial charge in [0.15, 0.2) is 5.11 Å². The molecule has 27 heavy (non-hydrogen) atoms. The van der Waals surface area contributed by atoms with E-state index in [0.29, 0.717) is 43.3 Å². The second-order valence-corrected chi connectivity index (χ2v) is 6.54. The van der Waals surface area contributed by atoms with E-state index < -0.39 is 0 Å². The monoisotopic (exact) mass is 393 g/mol. The molecule has 0 spiro atoms. The standard InChI is InChI=1S/C19H27N3O4S/c1-25-10-3-7-20-19(27)22(8-4-9-23)13-15-11-14-12-16(26-2)5-6-17(14)21-18(15)24/h5-6,11-12,23H,3-4,7-10,13H2,1-2H3,(H,20,27)(H,21,24). The molecule has 2 aromatic rings. The van der Waals surface area contributed by atoms with Crippen molar-refractivity contribution in [2.45, 2.75) is 19.4 Å². The second-order valence-electron chi connectivity index (χ2n) is 6.15. The van der Waals surface area contributed by atoms with Crippen molar-refractivity contribution in [3.63, 3.8) is 0 Å². The Labute approximate surface area is 164 Å². The molecule has 0 aliphatic rings. The van der Waals surface area contributed by atoms with E-state index in [2.05, 4.69) is 10.3 Å². The molecule has 148 valence electrons. The summed E-state index contributed by atoms with van der Waals surface area (Å²) >= 11 is 5.48. The van der Waals surface area contributed by atoms with Gasteiger partial charge in [0.25, 0.3) is 5.56 Å². The van der Waals surface area contributed by atoms with Crippen LogP contribution in [0.3, 0.4) is 0 Å². The molecular formula is C19H27N3O4S. The summed E-state index contributed by atoms with van der Waals surface area (Å²) in [6.45, 7) is 2.32. The number of aliphatic hydroxyl groups is 1. The minimum Gasteiger partial charge on any atom is -0.497 e. The van der Waals surface area contributed by atoms with E-state index in [4.69, 9.17) is 21.7 Å². The highest BCUT2D eigenvalue weighted by Crippen LogP contribution is 2.19. The summed E-state index contributed by atoms with van der Waals surface area (Å²) in [5, 5.41) is 13.8. The molecule has 0 radical (unpaired) electrons. The molecule has 1 heterocycles. The molecule has 0 atom stereocenters. The predicted octanol–water partition coefficient (Wildman–Crippen LogP) is 1.63. The number of aliphatic hydroxyl groups excluding tert-OH is 1. The maximum Gasteiger partial charge on any atom is 0.253 e. The maximum absolute atomic E-state index is 12.5. The van der Waals surface area contributed by atoms with E-state index in [0.717, 1.165) is 23.1 Å².